The fourth-order valence-electron chi connectivity index (χ4n) is 2.90. The number of hydrogen-bond acceptors (Lipinski definition) is 3. The first kappa shape index (κ1) is 16.4. The molecule has 0 spiro atoms. The number of carbonyl (C=O) groups excluding carboxylic acids is 1. The third kappa shape index (κ3) is 3.70. The van der Waals surface area contributed by atoms with Crippen molar-refractivity contribution in [1.82, 2.24) is 0 Å². The molecule has 2 aromatic rings. The Balaban J connectivity index is 1.72. The molecule has 0 radical (unpaired) electrons. The molecule has 1 amide bonds. The zero-order valence-corrected chi connectivity index (χ0v) is 14.3. The number of unbranched alkanes of at least 4 members (excludes halogenated alkanes) is 1. The van der Waals surface area contributed by atoms with Gasteiger partial charge in [-0.25, -0.2) is 0 Å². The predicted molar refractivity (Wildman–Crippen MR) is 97.7 cm³/mol. The van der Waals surface area contributed by atoms with Gasteiger partial charge >= 0.3 is 0 Å². The van der Waals surface area contributed by atoms with Crippen LogP contribution in [0.5, 0.6) is 5.75 Å². The van der Waals surface area contributed by atoms with Gasteiger partial charge < -0.3 is 15.0 Å². The first-order valence-electron chi connectivity index (χ1n) is 8.54. The van der Waals surface area contributed by atoms with E-state index in [1.807, 2.05) is 23.1 Å². The van der Waals surface area contributed by atoms with E-state index in [2.05, 4.69) is 43.4 Å². The number of nitrogens with one attached hydrogen (secondary N) is 1. The van der Waals surface area contributed by atoms with E-state index >= 15 is 0 Å². The van der Waals surface area contributed by atoms with Gasteiger partial charge in [-0.05, 0) is 31.0 Å². The number of amides is 1. The van der Waals surface area contributed by atoms with Crippen molar-refractivity contribution in [2.45, 2.75) is 33.2 Å². The second kappa shape index (κ2) is 7.39. The number of hydrogen-bond donors (Lipinski definition) is 1. The summed E-state index contributed by atoms with van der Waals surface area (Å²) in [5.41, 5.74) is 4.38. The lowest BCUT2D eigenvalue weighted by Gasteiger charge is -2.29. The highest BCUT2D eigenvalue weighted by molar-refractivity contribution is 5.98. The van der Waals surface area contributed by atoms with Gasteiger partial charge in [0.1, 0.15) is 5.75 Å². The Bertz CT molecular complexity index is 727. The first-order chi connectivity index (χ1) is 11.7. The number of benzene rings is 2. The monoisotopic (exact) mass is 324 g/mol. The minimum absolute atomic E-state index is 0.0384. The van der Waals surface area contributed by atoms with E-state index in [-0.39, 0.29) is 12.5 Å². The number of aryl methyl sites for hydroxylation is 1. The molecule has 126 valence electrons. The third-order valence-corrected chi connectivity index (χ3v) is 4.22. The Morgan fingerprint density at radius 3 is 2.88 bits per heavy atom. The highest BCUT2D eigenvalue weighted by Gasteiger charge is 2.25. The summed E-state index contributed by atoms with van der Waals surface area (Å²) in [6, 6.07) is 14.4. The molecule has 0 saturated heterocycles. The Kier molecular flexibility index (Phi) is 5.04. The molecule has 0 atom stereocenters. The normalized spacial score (nSPS) is 13.4. The maximum atomic E-state index is 12.1. The summed E-state index contributed by atoms with van der Waals surface area (Å²) in [5, 5.41) is 3.42. The van der Waals surface area contributed by atoms with Crippen LogP contribution >= 0.6 is 0 Å². The van der Waals surface area contributed by atoms with Crippen molar-refractivity contribution in [3.8, 4) is 5.75 Å². The first-order valence-corrected chi connectivity index (χ1v) is 8.54. The Hall–Kier alpha value is -2.49. The van der Waals surface area contributed by atoms with Crippen LogP contribution in [-0.4, -0.2) is 19.1 Å². The molecular formula is C20H24N2O2. The van der Waals surface area contributed by atoms with E-state index in [9.17, 15) is 4.79 Å². The summed E-state index contributed by atoms with van der Waals surface area (Å²) in [7, 11) is 0. The van der Waals surface area contributed by atoms with E-state index in [0.29, 0.717) is 0 Å². The minimum Gasteiger partial charge on any atom is -0.481 e. The predicted octanol–water partition coefficient (Wildman–Crippen LogP) is 4.13. The van der Waals surface area contributed by atoms with Gasteiger partial charge in [-0.1, -0.05) is 43.2 Å². The van der Waals surface area contributed by atoms with Gasteiger partial charge in [0.25, 0.3) is 5.91 Å². The van der Waals surface area contributed by atoms with Crippen molar-refractivity contribution in [2.24, 2.45) is 0 Å². The van der Waals surface area contributed by atoms with Gasteiger partial charge in [0.15, 0.2) is 6.61 Å². The molecule has 1 heterocycles. The van der Waals surface area contributed by atoms with Gasteiger partial charge in [0.2, 0.25) is 0 Å². The maximum Gasteiger partial charge on any atom is 0.265 e. The van der Waals surface area contributed by atoms with Crippen molar-refractivity contribution in [3.63, 3.8) is 0 Å². The number of anilines is 2. The molecular weight excluding hydrogens is 300 g/mol. The van der Waals surface area contributed by atoms with Gasteiger partial charge in [-0.2, -0.15) is 0 Å². The van der Waals surface area contributed by atoms with Crippen LogP contribution in [0, 0.1) is 6.92 Å². The molecule has 2 aromatic carbocycles. The van der Waals surface area contributed by atoms with E-state index in [0.717, 1.165) is 43.1 Å². The van der Waals surface area contributed by atoms with Crippen LogP contribution in [0.15, 0.2) is 42.5 Å². The quantitative estimate of drug-likeness (QED) is 0.868. The van der Waals surface area contributed by atoms with Crippen LogP contribution in [0.25, 0.3) is 0 Å². The van der Waals surface area contributed by atoms with Crippen LogP contribution in [-0.2, 0) is 11.3 Å². The molecule has 0 aromatic heterocycles. The molecule has 0 bridgehead atoms. The van der Waals surface area contributed by atoms with Gasteiger partial charge in [0.05, 0.1) is 5.69 Å². The molecule has 0 fully saturated rings. The Morgan fingerprint density at radius 1 is 1.21 bits per heavy atom. The largest absolute Gasteiger partial charge is 0.481 e. The molecule has 1 aliphatic rings. The molecule has 4 nitrogen and oxygen atoms in total. The molecule has 0 saturated carbocycles. The summed E-state index contributed by atoms with van der Waals surface area (Å²) in [6.07, 6.45) is 2.06. The van der Waals surface area contributed by atoms with E-state index in [1.165, 1.54) is 11.1 Å². The van der Waals surface area contributed by atoms with Crippen molar-refractivity contribution < 1.29 is 9.53 Å². The number of rotatable bonds is 6. The van der Waals surface area contributed by atoms with Crippen LogP contribution in [0.4, 0.5) is 11.4 Å². The molecule has 0 unspecified atom stereocenters. The lowest BCUT2D eigenvalue weighted by Crippen LogP contribution is -2.39. The Labute approximate surface area is 143 Å². The molecule has 0 aliphatic carbocycles. The lowest BCUT2D eigenvalue weighted by atomic mass is 10.1. The summed E-state index contributed by atoms with van der Waals surface area (Å²) < 4.78 is 5.63. The zero-order valence-electron chi connectivity index (χ0n) is 14.3. The average molecular weight is 324 g/mol. The Morgan fingerprint density at radius 2 is 2.08 bits per heavy atom. The molecule has 3 rings (SSSR count). The van der Waals surface area contributed by atoms with Crippen molar-refractivity contribution in [2.75, 3.05) is 23.4 Å². The summed E-state index contributed by atoms with van der Waals surface area (Å²) in [5.74, 6) is 0.816. The van der Waals surface area contributed by atoms with E-state index < -0.39 is 0 Å². The highest BCUT2D eigenvalue weighted by Crippen LogP contribution is 2.34. The van der Waals surface area contributed by atoms with Gasteiger partial charge in [0, 0.05) is 24.8 Å². The van der Waals surface area contributed by atoms with Crippen LogP contribution in [0.2, 0.25) is 0 Å². The standard InChI is InChI=1S/C20H24N2O2/c1-3-4-10-22-18-9-8-17(12-19(18)24-14-20(22)23)21-13-16-7-5-6-15(2)11-16/h5-9,11-12,21H,3-4,10,13-14H2,1-2H3. The van der Waals surface area contributed by atoms with Gasteiger partial charge in [-0.15, -0.1) is 0 Å². The maximum absolute atomic E-state index is 12.1. The summed E-state index contributed by atoms with van der Waals surface area (Å²) in [6.45, 7) is 5.86. The van der Waals surface area contributed by atoms with Gasteiger partial charge in [-0.3, -0.25) is 4.79 Å². The fourth-order valence-corrected chi connectivity index (χ4v) is 2.90. The fraction of sp³-hybridized carbons (Fsp3) is 0.350. The van der Waals surface area contributed by atoms with E-state index in [4.69, 9.17) is 4.74 Å². The molecule has 1 N–H and O–H groups in total. The third-order valence-electron chi connectivity index (χ3n) is 4.22. The summed E-state index contributed by atoms with van der Waals surface area (Å²) in [4.78, 5) is 13.9. The number of nitrogens with zero attached hydrogens (tertiary/aromatic N) is 1. The smallest absolute Gasteiger partial charge is 0.265 e. The number of ether oxygens (including phenoxy) is 1. The van der Waals surface area contributed by atoms with Crippen molar-refractivity contribution in [1.29, 1.82) is 0 Å². The number of fused-ring (bicyclic) bond motifs is 1. The second-order valence-electron chi connectivity index (χ2n) is 6.21. The van der Waals surface area contributed by atoms with Crippen molar-refractivity contribution >= 4 is 17.3 Å². The van der Waals surface area contributed by atoms with Crippen LogP contribution in [0.3, 0.4) is 0 Å². The van der Waals surface area contributed by atoms with Crippen LogP contribution in [0.1, 0.15) is 30.9 Å². The highest BCUT2D eigenvalue weighted by atomic mass is 16.5. The number of carbonyl (C=O) groups is 1. The summed E-state index contributed by atoms with van der Waals surface area (Å²) >= 11 is 0. The molecule has 24 heavy (non-hydrogen) atoms. The van der Waals surface area contributed by atoms with Crippen molar-refractivity contribution in [3.05, 3.63) is 53.6 Å². The average Bonchev–Trinajstić information content (AvgIpc) is 2.59. The topological polar surface area (TPSA) is 41.6 Å². The SMILES string of the molecule is CCCCN1C(=O)COc2cc(NCc3cccc(C)c3)ccc21. The molecule has 4 heteroatoms. The van der Waals surface area contributed by atoms with Crippen LogP contribution < -0.4 is 15.0 Å². The zero-order chi connectivity index (χ0) is 16.9. The lowest BCUT2D eigenvalue weighted by molar-refractivity contribution is -0.121. The second-order valence-corrected chi connectivity index (χ2v) is 6.21. The minimum atomic E-state index is 0.0384. The molecule has 1 aliphatic heterocycles. The van der Waals surface area contributed by atoms with E-state index in [1.54, 1.807) is 0 Å².